The van der Waals surface area contributed by atoms with Crippen LogP contribution in [-0.2, 0) is 6.18 Å². The zero-order valence-electron chi connectivity index (χ0n) is 6.88. The van der Waals surface area contributed by atoms with Gasteiger partial charge in [0.1, 0.15) is 0 Å². The number of rotatable bonds is 1. The Labute approximate surface area is 95.2 Å². The Balaban J connectivity index is 3.38. The maximum atomic E-state index is 12.3. The third-order valence-corrected chi connectivity index (χ3v) is 2.99. The Hall–Kier alpha value is -0.360. The molecule has 0 aromatic heterocycles. The van der Waals surface area contributed by atoms with Crippen molar-refractivity contribution in [2.45, 2.75) is 12.6 Å². The van der Waals surface area contributed by atoms with Gasteiger partial charge >= 0.3 is 6.18 Å². The van der Waals surface area contributed by atoms with Gasteiger partial charge in [0.15, 0.2) is 0 Å². The molecule has 0 saturated heterocycles. The lowest BCUT2D eigenvalue weighted by Crippen LogP contribution is -2.07. The Morgan fingerprint density at radius 1 is 1.20 bits per heavy atom. The minimum Gasteiger partial charge on any atom is -0.205 e. The molecule has 0 unspecified atom stereocenters. The molecule has 0 fully saturated rings. The predicted octanol–water partition coefficient (Wildman–Crippen LogP) is 5.06. The summed E-state index contributed by atoms with van der Waals surface area (Å²) in [7, 11) is 0. The van der Waals surface area contributed by atoms with Crippen molar-refractivity contribution in [3.05, 3.63) is 32.8 Å². The molecular formula is C8H3BrClF5. The van der Waals surface area contributed by atoms with E-state index in [4.69, 9.17) is 11.6 Å². The number of hydrogen-bond donors (Lipinski definition) is 0. The minimum absolute atomic E-state index is 0.376. The first-order valence-corrected chi connectivity index (χ1v) is 4.75. The third-order valence-electron chi connectivity index (χ3n) is 1.61. The summed E-state index contributed by atoms with van der Waals surface area (Å²) >= 11 is 7.99. The van der Waals surface area contributed by atoms with Crippen LogP contribution in [0.25, 0.3) is 0 Å². The molecule has 7 heteroatoms. The van der Waals surface area contributed by atoms with Crippen molar-refractivity contribution >= 4 is 27.5 Å². The molecule has 0 heterocycles. The second-order valence-electron chi connectivity index (χ2n) is 2.66. The van der Waals surface area contributed by atoms with Crippen LogP contribution in [-0.4, -0.2) is 0 Å². The van der Waals surface area contributed by atoms with Crippen molar-refractivity contribution < 1.29 is 22.0 Å². The van der Waals surface area contributed by atoms with Crippen LogP contribution in [0, 0.1) is 0 Å². The standard InChI is InChI=1S/C8H3BrClF5/c9-6-4(8(13,14)15)1-3(7(11)12)2-5(6)10/h1-2,7H. The second-order valence-corrected chi connectivity index (χ2v) is 3.86. The summed E-state index contributed by atoms with van der Waals surface area (Å²) in [5.74, 6) is 0. The molecule has 0 N–H and O–H groups in total. The van der Waals surface area contributed by atoms with Crippen LogP contribution < -0.4 is 0 Å². The van der Waals surface area contributed by atoms with E-state index in [0.717, 1.165) is 6.07 Å². The van der Waals surface area contributed by atoms with Crippen LogP contribution in [0.4, 0.5) is 22.0 Å². The van der Waals surface area contributed by atoms with Crippen molar-refractivity contribution in [2.24, 2.45) is 0 Å². The molecule has 1 aromatic carbocycles. The highest BCUT2D eigenvalue weighted by Crippen LogP contribution is 2.40. The van der Waals surface area contributed by atoms with Crippen molar-refractivity contribution in [1.29, 1.82) is 0 Å². The van der Waals surface area contributed by atoms with Gasteiger partial charge in [-0.2, -0.15) is 13.2 Å². The zero-order valence-corrected chi connectivity index (χ0v) is 9.22. The molecule has 0 bridgehead atoms. The smallest absolute Gasteiger partial charge is 0.205 e. The van der Waals surface area contributed by atoms with E-state index in [1.165, 1.54) is 0 Å². The fourth-order valence-electron chi connectivity index (χ4n) is 0.942. The molecule has 1 rings (SSSR count). The topological polar surface area (TPSA) is 0 Å². The molecule has 0 radical (unpaired) electrons. The monoisotopic (exact) mass is 308 g/mol. The molecule has 0 atom stereocenters. The van der Waals surface area contributed by atoms with Crippen molar-refractivity contribution in [2.75, 3.05) is 0 Å². The van der Waals surface area contributed by atoms with Gasteiger partial charge in [0, 0.05) is 10.0 Å². The van der Waals surface area contributed by atoms with Crippen molar-refractivity contribution in [1.82, 2.24) is 0 Å². The van der Waals surface area contributed by atoms with Gasteiger partial charge in [0.25, 0.3) is 6.43 Å². The normalized spacial score (nSPS) is 12.3. The lowest BCUT2D eigenvalue weighted by atomic mass is 10.1. The molecule has 0 saturated carbocycles. The van der Waals surface area contributed by atoms with Crippen LogP contribution in [0.2, 0.25) is 5.02 Å². The van der Waals surface area contributed by atoms with Gasteiger partial charge in [-0.25, -0.2) is 8.78 Å². The lowest BCUT2D eigenvalue weighted by molar-refractivity contribution is -0.138. The summed E-state index contributed by atoms with van der Waals surface area (Å²) in [6, 6.07) is 1.17. The molecule has 1 aromatic rings. The molecule has 0 aliphatic carbocycles. The number of alkyl halides is 5. The van der Waals surface area contributed by atoms with Crippen LogP contribution in [0.1, 0.15) is 17.6 Å². The Kier molecular flexibility index (Phi) is 3.60. The first-order chi connectivity index (χ1) is 6.73. The van der Waals surface area contributed by atoms with E-state index in [1.807, 2.05) is 0 Å². The second kappa shape index (κ2) is 4.25. The van der Waals surface area contributed by atoms with Crippen molar-refractivity contribution in [3.63, 3.8) is 0 Å². The van der Waals surface area contributed by atoms with Gasteiger partial charge < -0.3 is 0 Å². The van der Waals surface area contributed by atoms with E-state index in [-0.39, 0.29) is 5.02 Å². The van der Waals surface area contributed by atoms with Gasteiger partial charge in [0.05, 0.1) is 10.6 Å². The average Bonchev–Trinajstić information content (AvgIpc) is 2.06. The van der Waals surface area contributed by atoms with Crippen molar-refractivity contribution in [3.8, 4) is 0 Å². The maximum Gasteiger partial charge on any atom is 0.417 e. The minimum atomic E-state index is -4.71. The molecule has 0 spiro atoms. The van der Waals surface area contributed by atoms with Gasteiger partial charge in [0.2, 0.25) is 0 Å². The summed E-state index contributed by atoms with van der Waals surface area (Å²) in [4.78, 5) is 0. The average molecular weight is 309 g/mol. The highest BCUT2D eigenvalue weighted by molar-refractivity contribution is 9.10. The molecule has 15 heavy (non-hydrogen) atoms. The Bertz CT molecular complexity index is 374. The summed E-state index contributed by atoms with van der Waals surface area (Å²) in [6.07, 6.45) is -7.70. The highest BCUT2D eigenvalue weighted by Gasteiger charge is 2.34. The van der Waals surface area contributed by atoms with E-state index in [2.05, 4.69) is 15.9 Å². The molecular weight excluding hydrogens is 306 g/mol. The summed E-state index contributed by atoms with van der Waals surface area (Å²) < 4.78 is 61.0. The quantitative estimate of drug-likeness (QED) is 0.636. The van der Waals surface area contributed by atoms with E-state index in [9.17, 15) is 22.0 Å². The molecule has 0 nitrogen and oxygen atoms in total. The number of hydrogen-bond acceptors (Lipinski definition) is 0. The van der Waals surface area contributed by atoms with Crippen LogP contribution in [0.15, 0.2) is 16.6 Å². The van der Waals surface area contributed by atoms with Crippen LogP contribution in [0.3, 0.4) is 0 Å². The van der Waals surface area contributed by atoms with E-state index >= 15 is 0 Å². The summed E-state index contributed by atoms with van der Waals surface area (Å²) in [5, 5.41) is -0.389. The Morgan fingerprint density at radius 2 is 1.73 bits per heavy atom. The predicted molar refractivity (Wildman–Crippen MR) is 49.1 cm³/mol. The fraction of sp³-hybridized carbons (Fsp3) is 0.250. The summed E-state index contributed by atoms with van der Waals surface area (Å²) in [5.41, 5.74) is -1.96. The molecule has 0 amide bonds. The highest BCUT2D eigenvalue weighted by atomic mass is 79.9. The zero-order chi connectivity index (χ0) is 11.8. The van der Waals surface area contributed by atoms with Gasteiger partial charge in [-0.1, -0.05) is 11.6 Å². The van der Waals surface area contributed by atoms with E-state index < -0.39 is 28.2 Å². The maximum absolute atomic E-state index is 12.3. The van der Waals surface area contributed by atoms with E-state index in [1.54, 1.807) is 0 Å². The number of halogens is 7. The Morgan fingerprint density at radius 3 is 2.13 bits per heavy atom. The molecule has 84 valence electrons. The largest absolute Gasteiger partial charge is 0.417 e. The molecule has 0 aliphatic rings. The van der Waals surface area contributed by atoms with Gasteiger partial charge in [-0.05, 0) is 28.1 Å². The first-order valence-electron chi connectivity index (χ1n) is 3.57. The van der Waals surface area contributed by atoms with E-state index in [0.29, 0.717) is 6.07 Å². The third kappa shape index (κ3) is 2.81. The lowest BCUT2D eigenvalue weighted by Gasteiger charge is -2.12. The van der Waals surface area contributed by atoms with Crippen LogP contribution >= 0.6 is 27.5 Å². The van der Waals surface area contributed by atoms with Gasteiger partial charge in [-0.3, -0.25) is 0 Å². The summed E-state index contributed by atoms with van der Waals surface area (Å²) in [6.45, 7) is 0. The van der Waals surface area contributed by atoms with Gasteiger partial charge in [-0.15, -0.1) is 0 Å². The first kappa shape index (κ1) is 12.7. The number of benzene rings is 1. The molecule has 0 aliphatic heterocycles. The fourth-order valence-corrected chi connectivity index (χ4v) is 1.62. The van der Waals surface area contributed by atoms with Crippen LogP contribution in [0.5, 0.6) is 0 Å². The SMILES string of the molecule is FC(F)c1cc(Cl)c(Br)c(C(F)(F)F)c1.